The number of hydrogen-bond acceptors (Lipinski definition) is 6. The number of carbonyl (C=O) groups excluding carboxylic acids is 1. The molecule has 1 aromatic heterocycles. The van der Waals surface area contributed by atoms with Gasteiger partial charge in [-0.3, -0.25) is 4.79 Å². The molecule has 7 heteroatoms. The number of fused-ring (bicyclic) bond motifs is 1. The lowest BCUT2D eigenvalue weighted by Crippen LogP contribution is -2.35. The van der Waals surface area contributed by atoms with Gasteiger partial charge >= 0.3 is 0 Å². The van der Waals surface area contributed by atoms with Gasteiger partial charge in [-0.15, -0.1) is 0 Å². The molecule has 2 N–H and O–H groups in total. The van der Waals surface area contributed by atoms with Crippen molar-refractivity contribution in [3.8, 4) is 10.4 Å². The van der Waals surface area contributed by atoms with Crippen LogP contribution >= 0.6 is 11.3 Å². The van der Waals surface area contributed by atoms with E-state index in [9.17, 15) is 4.79 Å². The van der Waals surface area contributed by atoms with Gasteiger partial charge in [0.15, 0.2) is 5.13 Å². The van der Waals surface area contributed by atoms with Crippen molar-refractivity contribution in [1.82, 2.24) is 9.88 Å². The summed E-state index contributed by atoms with van der Waals surface area (Å²) >= 11 is 1.37. The number of anilines is 1. The summed E-state index contributed by atoms with van der Waals surface area (Å²) in [6.45, 7) is 3.37. The summed E-state index contributed by atoms with van der Waals surface area (Å²) in [6.07, 6.45) is 9.91. The summed E-state index contributed by atoms with van der Waals surface area (Å²) in [6, 6.07) is 8.12. The van der Waals surface area contributed by atoms with Crippen LogP contribution in [0.5, 0.6) is 0 Å². The first-order valence-electron chi connectivity index (χ1n) is 10.7. The molecule has 0 spiro atoms. The van der Waals surface area contributed by atoms with Gasteiger partial charge in [0.1, 0.15) is 11.5 Å². The summed E-state index contributed by atoms with van der Waals surface area (Å²) in [5.74, 6) is 1.32. The van der Waals surface area contributed by atoms with Crippen LogP contribution in [0.4, 0.5) is 5.13 Å². The van der Waals surface area contributed by atoms with Crippen molar-refractivity contribution in [2.45, 2.75) is 32.6 Å². The first-order chi connectivity index (χ1) is 15.1. The van der Waals surface area contributed by atoms with Crippen molar-refractivity contribution in [2.75, 3.05) is 18.8 Å². The number of aromatic nitrogens is 1. The van der Waals surface area contributed by atoms with E-state index in [0.717, 1.165) is 46.2 Å². The van der Waals surface area contributed by atoms with Crippen molar-refractivity contribution >= 4 is 33.9 Å². The molecule has 6 nitrogen and oxygen atoms in total. The van der Waals surface area contributed by atoms with Crippen LogP contribution in [0, 0.1) is 12.8 Å². The first-order valence-corrected chi connectivity index (χ1v) is 11.5. The minimum absolute atomic E-state index is 0.0547. The third-order valence-corrected chi connectivity index (χ3v) is 6.64. The molecular formula is C24H25N5OS. The van der Waals surface area contributed by atoms with E-state index < -0.39 is 0 Å². The van der Waals surface area contributed by atoms with Crippen molar-refractivity contribution in [3.05, 3.63) is 59.4 Å². The smallest absolute Gasteiger partial charge is 0.274 e. The standard InChI is InChI=1S/C24H25N5OS/c1-15-5-4-6-17(13-15)22-21(28-24(25)31-22)23(30)29(14-16-9-10-16)12-11-20-26-18-7-2-3-8-19(18)27-20/h2-7,13,16H,8-12,14H2,1H3,(H2,25,28). The quantitative estimate of drug-likeness (QED) is 0.693. The maximum absolute atomic E-state index is 13.6. The minimum atomic E-state index is -0.0547. The molecule has 2 aromatic rings. The molecular weight excluding hydrogens is 406 g/mol. The number of aryl methyl sites for hydroxylation is 1. The molecule has 0 radical (unpaired) electrons. The van der Waals surface area contributed by atoms with Gasteiger partial charge in [0.2, 0.25) is 0 Å². The Bertz CT molecular complexity index is 1150. The average Bonchev–Trinajstić information content (AvgIpc) is 3.34. The molecule has 5 rings (SSSR count). The van der Waals surface area contributed by atoms with Gasteiger partial charge in [-0.2, -0.15) is 0 Å². The van der Waals surface area contributed by atoms with Crippen LogP contribution in [0.25, 0.3) is 10.4 Å². The van der Waals surface area contributed by atoms with Crippen LogP contribution in [0.2, 0.25) is 0 Å². The summed E-state index contributed by atoms with van der Waals surface area (Å²) in [7, 11) is 0. The van der Waals surface area contributed by atoms with Crippen molar-refractivity contribution in [1.29, 1.82) is 0 Å². The Morgan fingerprint density at radius 3 is 2.94 bits per heavy atom. The molecule has 1 aliphatic heterocycles. The second-order valence-corrected chi connectivity index (χ2v) is 9.35. The highest BCUT2D eigenvalue weighted by Crippen LogP contribution is 2.35. The van der Waals surface area contributed by atoms with Crippen molar-refractivity contribution < 1.29 is 4.79 Å². The van der Waals surface area contributed by atoms with Gasteiger partial charge in [-0.25, -0.2) is 15.0 Å². The lowest BCUT2D eigenvalue weighted by molar-refractivity contribution is 0.0748. The third-order valence-electron chi connectivity index (χ3n) is 5.71. The Hall–Kier alpha value is -3.06. The van der Waals surface area contributed by atoms with Crippen LogP contribution in [0.15, 0.2) is 58.2 Å². The molecule has 158 valence electrons. The summed E-state index contributed by atoms with van der Waals surface area (Å²) < 4.78 is 0. The molecule has 2 aliphatic carbocycles. The molecule has 0 saturated heterocycles. The van der Waals surface area contributed by atoms with Crippen LogP contribution < -0.4 is 5.73 Å². The summed E-state index contributed by atoms with van der Waals surface area (Å²) in [5, 5.41) is 0.418. The van der Waals surface area contributed by atoms with E-state index in [1.165, 1.54) is 24.2 Å². The average molecular weight is 432 g/mol. The van der Waals surface area contributed by atoms with Gasteiger partial charge in [0, 0.05) is 25.9 Å². The van der Waals surface area contributed by atoms with Gasteiger partial charge in [-0.05, 0) is 37.3 Å². The highest BCUT2D eigenvalue weighted by molar-refractivity contribution is 7.19. The number of aliphatic imine (C=N–C) groups is 2. The zero-order valence-corrected chi connectivity index (χ0v) is 18.4. The summed E-state index contributed by atoms with van der Waals surface area (Å²) in [5.41, 5.74) is 10.6. The topological polar surface area (TPSA) is 83.9 Å². The lowest BCUT2D eigenvalue weighted by atomic mass is 10.1. The van der Waals surface area contributed by atoms with Gasteiger partial charge in [0.25, 0.3) is 5.91 Å². The largest absolute Gasteiger partial charge is 0.375 e. The lowest BCUT2D eigenvalue weighted by Gasteiger charge is -2.22. The SMILES string of the molecule is Cc1cccc(-c2sc(N)nc2C(=O)N(CCC2=NC3=CC=CCC3=N2)CC2CC2)c1. The second kappa shape index (κ2) is 8.23. The fraction of sp³-hybridized carbons (Fsp3) is 0.333. The highest BCUT2D eigenvalue weighted by atomic mass is 32.1. The van der Waals surface area contributed by atoms with Crippen molar-refractivity contribution in [2.24, 2.45) is 15.9 Å². The van der Waals surface area contributed by atoms with E-state index in [2.05, 4.69) is 27.1 Å². The number of amides is 1. The number of benzene rings is 1. The Labute approximate surface area is 185 Å². The number of nitrogen functional groups attached to an aromatic ring is 1. The van der Waals surface area contributed by atoms with E-state index in [1.54, 1.807) is 0 Å². The van der Waals surface area contributed by atoms with Gasteiger partial charge in [-0.1, -0.05) is 53.3 Å². The van der Waals surface area contributed by atoms with E-state index in [1.807, 2.05) is 42.2 Å². The van der Waals surface area contributed by atoms with E-state index in [0.29, 0.717) is 29.7 Å². The molecule has 1 amide bonds. The third kappa shape index (κ3) is 4.37. The van der Waals surface area contributed by atoms with Crippen LogP contribution in [0.3, 0.4) is 0 Å². The molecule has 0 unspecified atom stereocenters. The number of carbonyl (C=O) groups is 1. The molecule has 1 aromatic carbocycles. The Kier molecular flexibility index (Phi) is 5.28. The van der Waals surface area contributed by atoms with Crippen LogP contribution in [0.1, 0.15) is 41.7 Å². The Morgan fingerprint density at radius 1 is 1.29 bits per heavy atom. The van der Waals surface area contributed by atoms with E-state index in [4.69, 9.17) is 5.73 Å². The van der Waals surface area contributed by atoms with Crippen molar-refractivity contribution in [3.63, 3.8) is 0 Å². The number of allylic oxidation sites excluding steroid dienone is 4. The first kappa shape index (κ1) is 19.9. The molecule has 2 heterocycles. The molecule has 3 aliphatic rings. The monoisotopic (exact) mass is 431 g/mol. The molecule has 1 saturated carbocycles. The fourth-order valence-corrected chi connectivity index (χ4v) is 4.73. The second-order valence-electron chi connectivity index (χ2n) is 8.31. The fourth-order valence-electron chi connectivity index (χ4n) is 3.91. The number of nitrogens with two attached hydrogens (primary N) is 1. The van der Waals surface area contributed by atoms with E-state index in [-0.39, 0.29) is 5.91 Å². The minimum Gasteiger partial charge on any atom is -0.375 e. The zero-order valence-electron chi connectivity index (χ0n) is 17.5. The number of thiazole rings is 1. The maximum Gasteiger partial charge on any atom is 0.274 e. The predicted octanol–water partition coefficient (Wildman–Crippen LogP) is 4.64. The predicted molar refractivity (Wildman–Crippen MR) is 127 cm³/mol. The molecule has 0 bridgehead atoms. The van der Waals surface area contributed by atoms with Crippen LogP contribution in [-0.2, 0) is 0 Å². The Balaban J connectivity index is 1.37. The number of hydrogen-bond donors (Lipinski definition) is 1. The van der Waals surface area contributed by atoms with Crippen LogP contribution in [-0.4, -0.2) is 40.4 Å². The van der Waals surface area contributed by atoms with E-state index >= 15 is 0 Å². The molecule has 1 fully saturated rings. The number of rotatable bonds is 7. The number of amidine groups is 1. The summed E-state index contributed by atoms with van der Waals surface area (Å²) in [4.78, 5) is 30.1. The maximum atomic E-state index is 13.6. The normalized spacial score (nSPS) is 17.1. The Morgan fingerprint density at radius 2 is 2.16 bits per heavy atom. The molecule has 0 atom stereocenters. The number of nitrogens with zero attached hydrogens (tertiary/aromatic N) is 4. The zero-order chi connectivity index (χ0) is 21.4. The van der Waals surface area contributed by atoms with Gasteiger partial charge in [0.05, 0.1) is 16.3 Å². The highest BCUT2D eigenvalue weighted by Gasteiger charge is 2.30. The molecule has 31 heavy (non-hydrogen) atoms. The van der Waals surface area contributed by atoms with Gasteiger partial charge < -0.3 is 10.6 Å².